The molecule has 1 aliphatic heterocycles. The zero-order chi connectivity index (χ0) is 29.3. The Morgan fingerprint density at radius 2 is 1.70 bits per heavy atom. The molecule has 0 atom stereocenters. The van der Waals surface area contributed by atoms with Crippen molar-refractivity contribution in [3.05, 3.63) is 90.7 Å². The Hall–Kier alpha value is -3.77. The number of hydrogen-bond donors (Lipinski definition) is 1. The van der Waals surface area contributed by atoms with Crippen LogP contribution < -0.4 is 5.32 Å². The molecule has 4 rings (SSSR count). The molecule has 40 heavy (non-hydrogen) atoms. The minimum Gasteiger partial charge on any atom is -0.459 e. The summed E-state index contributed by atoms with van der Waals surface area (Å²) in [6.07, 6.45) is -1.84. The van der Waals surface area contributed by atoms with Gasteiger partial charge in [0, 0.05) is 37.4 Å². The quantitative estimate of drug-likeness (QED) is 0.189. The number of rotatable bonds is 8. The fourth-order valence-corrected chi connectivity index (χ4v) is 5.62. The molecule has 1 fully saturated rings. The number of carbonyl (C=O) groups is 1. The van der Waals surface area contributed by atoms with Gasteiger partial charge in [-0.2, -0.15) is 17.5 Å². The molecule has 0 aliphatic carbocycles. The van der Waals surface area contributed by atoms with E-state index in [-0.39, 0.29) is 41.2 Å². The summed E-state index contributed by atoms with van der Waals surface area (Å²) >= 11 is 0. The maximum Gasteiger partial charge on any atom is 0.420 e. The van der Waals surface area contributed by atoms with Crippen LogP contribution in [0.15, 0.2) is 88.7 Å². The van der Waals surface area contributed by atoms with Gasteiger partial charge in [0.05, 0.1) is 17.0 Å². The lowest BCUT2D eigenvalue weighted by Crippen LogP contribution is -2.42. The van der Waals surface area contributed by atoms with E-state index in [2.05, 4.69) is 18.5 Å². The topological polar surface area (TPSA) is 79.6 Å². The normalized spacial score (nSPS) is 16.3. The van der Waals surface area contributed by atoms with E-state index >= 15 is 0 Å². The van der Waals surface area contributed by atoms with E-state index in [4.69, 9.17) is 4.42 Å². The number of fused-ring (bicyclic) bond motifs is 1. The van der Waals surface area contributed by atoms with Crippen LogP contribution in [-0.4, -0.2) is 37.6 Å². The summed E-state index contributed by atoms with van der Waals surface area (Å²) in [5.74, 6) is -3.33. The second kappa shape index (κ2) is 11.0. The molecular weight excluding hydrogens is 555 g/mol. The van der Waals surface area contributed by atoms with Crippen LogP contribution >= 0.6 is 0 Å². The van der Waals surface area contributed by atoms with E-state index < -0.39 is 52.0 Å². The fourth-order valence-electron chi connectivity index (χ4n) is 4.18. The maximum atomic E-state index is 13.9. The van der Waals surface area contributed by atoms with Gasteiger partial charge in [-0.25, -0.2) is 17.2 Å². The van der Waals surface area contributed by atoms with Crippen LogP contribution in [0.3, 0.4) is 0 Å². The van der Waals surface area contributed by atoms with Gasteiger partial charge in [0.15, 0.2) is 0 Å². The van der Waals surface area contributed by atoms with Crippen LogP contribution in [0.5, 0.6) is 0 Å². The van der Waals surface area contributed by atoms with Crippen molar-refractivity contribution in [1.82, 2.24) is 9.62 Å². The number of nitrogens with zero attached hydrogens (tertiary/aromatic N) is 1. The van der Waals surface area contributed by atoms with Gasteiger partial charge in [-0.3, -0.25) is 4.79 Å². The molecule has 0 radical (unpaired) electrons. The number of furan rings is 1. The lowest BCUT2D eigenvalue weighted by molar-refractivity contribution is -0.136. The molecule has 1 N–H and O–H groups in total. The number of amides is 1. The Morgan fingerprint density at radius 1 is 1.05 bits per heavy atom. The summed E-state index contributed by atoms with van der Waals surface area (Å²) in [4.78, 5) is 11.8. The molecule has 12 heteroatoms. The van der Waals surface area contributed by atoms with Crippen molar-refractivity contribution in [3.63, 3.8) is 0 Å². The van der Waals surface area contributed by atoms with Crippen molar-refractivity contribution in [1.29, 1.82) is 0 Å². The number of hydrogen-bond acceptors (Lipinski definition) is 4. The number of benzene rings is 2. The van der Waals surface area contributed by atoms with Crippen LogP contribution in [-0.2, 0) is 27.5 Å². The number of halogens is 5. The summed E-state index contributed by atoms with van der Waals surface area (Å²) in [5.41, 5.74) is -0.477. The largest absolute Gasteiger partial charge is 0.459 e. The third-order valence-electron chi connectivity index (χ3n) is 6.40. The lowest BCUT2D eigenvalue weighted by Gasteiger charge is -2.30. The smallest absolute Gasteiger partial charge is 0.420 e. The summed E-state index contributed by atoms with van der Waals surface area (Å²) in [6.45, 7) is 6.32. The molecule has 2 aromatic carbocycles. The zero-order valence-corrected chi connectivity index (χ0v) is 21.9. The van der Waals surface area contributed by atoms with Crippen molar-refractivity contribution >= 4 is 26.9 Å². The fraction of sp³-hybridized carbons (Fsp3) is 0.250. The molecule has 0 saturated carbocycles. The second-order valence-corrected chi connectivity index (χ2v) is 11.2. The van der Waals surface area contributed by atoms with Crippen molar-refractivity contribution in [2.75, 3.05) is 13.1 Å². The standard InChI is InChI=1S/C28H25F5N2O4S/c1-3-18(2)4-9-25(36)34-17-22-15-21-14-20(16-24(26(21)39-22)28(31,32)33)19-5-7-23(8-6-19)40(37,38)35-12-10-27(29,30)11-13-35/h3-9,14-16H,1-2,10-13,17H2,(H,34,36). The van der Waals surface area contributed by atoms with Crippen molar-refractivity contribution in [2.24, 2.45) is 0 Å². The van der Waals surface area contributed by atoms with Crippen molar-refractivity contribution in [2.45, 2.75) is 36.4 Å². The zero-order valence-electron chi connectivity index (χ0n) is 21.1. The van der Waals surface area contributed by atoms with E-state index in [0.717, 1.165) is 10.4 Å². The Labute approximate surface area is 227 Å². The third-order valence-corrected chi connectivity index (χ3v) is 8.31. The van der Waals surface area contributed by atoms with Crippen LogP contribution in [0.2, 0.25) is 0 Å². The van der Waals surface area contributed by atoms with Crippen LogP contribution in [0.1, 0.15) is 24.2 Å². The summed E-state index contributed by atoms with van der Waals surface area (Å²) in [6, 6.07) is 8.93. The van der Waals surface area contributed by atoms with Crippen molar-refractivity contribution < 1.29 is 39.6 Å². The molecule has 1 saturated heterocycles. The van der Waals surface area contributed by atoms with Gasteiger partial charge in [0.2, 0.25) is 15.9 Å². The molecule has 3 aromatic rings. The summed E-state index contributed by atoms with van der Waals surface area (Å²) < 4.78 is 101. The van der Waals surface area contributed by atoms with Gasteiger partial charge in [0.25, 0.3) is 5.92 Å². The van der Waals surface area contributed by atoms with Gasteiger partial charge in [-0.15, -0.1) is 0 Å². The van der Waals surface area contributed by atoms with Crippen LogP contribution in [0.4, 0.5) is 22.0 Å². The number of nitrogens with one attached hydrogen (secondary N) is 1. The van der Waals surface area contributed by atoms with E-state index in [1.165, 1.54) is 54.6 Å². The highest BCUT2D eigenvalue weighted by atomic mass is 32.2. The first-order valence-electron chi connectivity index (χ1n) is 12.1. The average molecular weight is 581 g/mol. The number of allylic oxidation sites excluding steroid dienone is 3. The molecule has 0 spiro atoms. The number of carbonyl (C=O) groups excluding carboxylic acids is 1. The SMILES string of the molecule is C=CC(=C)C=CC(=O)NCc1cc2cc(-c3ccc(S(=O)(=O)N4CCC(F)(F)CC4)cc3)cc(C(F)(F)F)c2o1. The molecule has 6 nitrogen and oxygen atoms in total. The first kappa shape index (κ1) is 29.2. The first-order valence-corrected chi connectivity index (χ1v) is 13.5. The Balaban J connectivity index is 1.60. The van der Waals surface area contributed by atoms with E-state index in [1.54, 1.807) is 0 Å². The summed E-state index contributed by atoms with van der Waals surface area (Å²) in [7, 11) is -4.04. The van der Waals surface area contributed by atoms with Gasteiger partial charge in [-0.05, 0) is 47.0 Å². The Kier molecular flexibility index (Phi) is 8.04. The average Bonchev–Trinajstić information content (AvgIpc) is 3.32. The van der Waals surface area contributed by atoms with Crippen LogP contribution in [0, 0.1) is 0 Å². The van der Waals surface area contributed by atoms with E-state index in [9.17, 15) is 35.2 Å². The highest BCUT2D eigenvalue weighted by Gasteiger charge is 2.39. The Bertz CT molecular complexity index is 1580. The third kappa shape index (κ3) is 6.50. The first-order chi connectivity index (χ1) is 18.7. The molecular formula is C28H25F5N2O4S. The van der Waals surface area contributed by atoms with Crippen molar-refractivity contribution in [3.8, 4) is 11.1 Å². The number of piperidine rings is 1. The molecule has 212 valence electrons. The molecule has 1 aromatic heterocycles. The minimum absolute atomic E-state index is 0.0931. The number of alkyl halides is 5. The Morgan fingerprint density at radius 3 is 2.30 bits per heavy atom. The van der Waals surface area contributed by atoms with E-state index in [0.29, 0.717) is 11.1 Å². The van der Waals surface area contributed by atoms with Crippen LogP contribution in [0.25, 0.3) is 22.1 Å². The van der Waals surface area contributed by atoms with Gasteiger partial charge in [-0.1, -0.05) is 37.4 Å². The minimum atomic E-state index is -4.76. The monoisotopic (exact) mass is 580 g/mol. The van der Waals surface area contributed by atoms with Gasteiger partial charge >= 0.3 is 6.18 Å². The molecule has 1 amide bonds. The highest BCUT2D eigenvalue weighted by molar-refractivity contribution is 7.89. The number of sulfonamides is 1. The van der Waals surface area contributed by atoms with E-state index in [1.807, 2.05) is 0 Å². The van der Waals surface area contributed by atoms with Gasteiger partial charge < -0.3 is 9.73 Å². The lowest BCUT2D eigenvalue weighted by atomic mass is 10.0. The molecule has 0 unspecified atom stereocenters. The highest BCUT2D eigenvalue weighted by Crippen LogP contribution is 2.40. The predicted octanol–water partition coefficient (Wildman–Crippen LogP) is 6.45. The molecule has 1 aliphatic rings. The summed E-state index contributed by atoms with van der Waals surface area (Å²) in [5, 5.41) is 2.65. The maximum absolute atomic E-state index is 13.9. The predicted molar refractivity (Wildman–Crippen MR) is 140 cm³/mol. The molecule has 2 heterocycles. The van der Waals surface area contributed by atoms with Gasteiger partial charge in [0.1, 0.15) is 11.3 Å². The molecule has 0 bridgehead atoms. The second-order valence-electron chi connectivity index (χ2n) is 9.27.